The molecule has 1 unspecified atom stereocenters. The molecule has 0 aliphatic carbocycles. The summed E-state index contributed by atoms with van der Waals surface area (Å²) < 4.78 is 76.8. The fraction of sp³-hybridized carbons (Fsp3) is 0.462. The third kappa shape index (κ3) is 6.14. The number of piperidine rings is 1. The summed E-state index contributed by atoms with van der Waals surface area (Å²) in [5, 5.41) is 0. The van der Waals surface area contributed by atoms with Crippen LogP contribution in [0.2, 0.25) is 0 Å². The van der Waals surface area contributed by atoms with E-state index in [9.17, 15) is 27.3 Å². The number of rotatable bonds is 6. The predicted molar refractivity (Wildman–Crippen MR) is 135 cm³/mol. The molecule has 1 aromatic heterocycles. The van der Waals surface area contributed by atoms with Crippen molar-refractivity contribution < 1.29 is 41.1 Å². The van der Waals surface area contributed by atoms with Crippen LogP contribution in [0, 0.1) is 17.5 Å². The zero-order chi connectivity index (χ0) is 28.2. The molecular weight excluding hydrogens is 540 g/mol. The largest absolute Gasteiger partial charge is 0.493 e. The number of fused-ring (bicyclic) bond motifs is 2. The molecule has 9 nitrogen and oxygen atoms in total. The molecule has 13 heteroatoms. The number of morpholine rings is 1. The van der Waals surface area contributed by atoms with E-state index < -0.39 is 42.7 Å². The molecule has 212 valence electrons. The summed E-state index contributed by atoms with van der Waals surface area (Å²) in [6.45, 7) is 4.28. The SMILES string of the molecule is CCOP(=O)(OCC)C1CC[C@H]2COC[C@@H](c3cc(F)c(F)c(F)c3)N2C1=O.O=c1cccc2n1C=COC2. The zero-order valence-corrected chi connectivity index (χ0v) is 22.5. The number of ether oxygens (including phenoxy) is 2. The maximum absolute atomic E-state index is 13.7. The van der Waals surface area contributed by atoms with Gasteiger partial charge in [0.2, 0.25) is 5.91 Å². The van der Waals surface area contributed by atoms with Crippen LogP contribution in [0.25, 0.3) is 6.20 Å². The van der Waals surface area contributed by atoms with Crippen LogP contribution in [0.5, 0.6) is 0 Å². The number of benzene rings is 1. The van der Waals surface area contributed by atoms with Gasteiger partial charge in [-0.25, -0.2) is 13.2 Å². The van der Waals surface area contributed by atoms with Gasteiger partial charge in [0.15, 0.2) is 17.5 Å². The number of hydrogen-bond donors (Lipinski definition) is 0. The van der Waals surface area contributed by atoms with Crippen molar-refractivity contribution >= 4 is 19.7 Å². The third-order valence-electron chi connectivity index (χ3n) is 6.63. The van der Waals surface area contributed by atoms with Crippen LogP contribution in [0.3, 0.4) is 0 Å². The lowest BCUT2D eigenvalue weighted by molar-refractivity contribution is -0.151. The van der Waals surface area contributed by atoms with Crippen molar-refractivity contribution in [1.82, 2.24) is 9.47 Å². The highest BCUT2D eigenvalue weighted by Crippen LogP contribution is 2.57. The minimum absolute atomic E-state index is 0.00690. The normalized spacial score (nSPS) is 22.3. The van der Waals surface area contributed by atoms with Gasteiger partial charge in [0.25, 0.3) is 5.56 Å². The van der Waals surface area contributed by atoms with E-state index in [2.05, 4.69) is 0 Å². The van der Waals surface area contributed by atoms with Crippen LogP contribution in [0.1, 0.15) is 44.0 Å². The van der Waals surface area contributed by atoms with Crippen molar-refractivity contribution in [3.8, 4) is 0 Å². The predicted octanol–water partition coefficient (Wildman–Crippen LogP) is 4.61. The van der Waals surface area contributed by atoms with Crippen molar-refractivity contribution in [3.63, 3.8) is 0 Å². The first kappa shape index (κ1) is 29.1. The number of carbonyl (C=O) groups excluding carboxylic acids is 1. The van der Waals surface area contributed by atoms with E-state index in [1.165, 1.54) is 17.2 Å². The van der Waals surface area contributed by atoms with Crippen molar-refractivity contribution in [3.05, 3.63) is 75.7 Å². The highest BCUT2D eigenvalue weighted by Gasteiger charge is 2.50. The summed E-state index contributed by atoms with van der Waals surface area (Å²) in [4.78, 5) is 25.8. The van der Waals surface area contributed by atoms with Gasteiger partial charge in [0, 0.05) is 12.3 Å². The molecule has 5 rings (SSSR count). The molecule has 1 aromatic carbocycles. The van der Waals surface area contributed by atoms with Gasteiger partial charge in [-0.1, -0.05) is 6.07 Å². The Labute approximate surface area is 223 Å². The summed E-state index contributed by atoms with van der Waals surface area (Å²) in [6.07, 6.45) is 3.91. The average Bonchev–Trinajstić information content (AvgIpc) is 2.92. The number of aromatic nitrogens is 1. The van der Waals surface area contributed by atoms with Gasteiger partial charge in [-0.3, -0.25) is 18.7 Å². The summed E-state index contributed by atoms with van der Waals surface area (Å²) in [5.74, 6) is -4.73. The molecule has 3 aliphatic rings. The van der Waals surface area contributed by atoms with E-state index >= 15 is 0 Å². The number of hydrogen-bond acceptors (Lipinski definition) is 7. The molecule has 39 heavy (non-hydrogen) atoms. The van der Waals surface area contributed by atoms with Gasteiger partial charge in [-0.2, -0.15) is 0 Å². The number of amides is 1. The molecule has 3 atom stereocenters. The molecule has 2 fully saturated rings. The first-order valence-corrected chi connectivity index (χ1v) is 14.2. The molecular formula is C26H30F3N2O7P. The van der Waals surface area contributed by atoms with E-state index in [1.54, 1.807) is 30.7 Å². The van der Waals surface area contributed by atoms with Gasteiger partial charge in [-0.05, 0) is 50.5 Å². The van der Waals surface area contributed by atoms with Gasteiger partial charge in [-0.15, -0.1) is 0 Å². The molecule has 1 amide bonds. The lowest BCUT2D eigenvalue weighted by atomic mass is 9.94. The maximum atomic E-state index is 13.7. The van der Waals surface area contributed by atoms with Crippen LogP contribution in [-0.4, -0.2) is 53.5 Å². The average molecular weight is 571 g/mol. The van der Waals surface area contributed by atoms with Crippen molar-refractivity contribution in [1.29, 1.82) is 0 Å². The lowest BCUT2D eigenvalue weighted by Crippen LogP contribution is -2.57. The minimum Gasteiger partial charge on any atom is -0.493 e. The first-order valence-electron chi connectivity index (χ1n) is 12.6. The lowest BCUT2D eigenvalue weighted by Gasteiger charge is -2.47. The molecule has 2 saturated heterocycles. The van der Waals surface area contributed by atoms with E-state index in [0.717, 1.165) is 17.8 Å². The Morgan fingerprint density at radius 3 is 2.36 bits per heavy atom. The summed E-state index contributed by atoms with van der Waals surface area (Å²) in [6, 6.07) is 5.68. The second-order valence-corrected chi connectivity index (χ2v) is 11.3. The van der Waals surface area contributed by atoms with Gasteiger partial charge < -0.3 is 23.4 Å². The Balaban J connectivity index is 0.000000265. The number of nitrogens with zero attached hydrogens (tertiary/aromatic N) is 2. The van der Waals surface area contributed by atoms with Crippen LogP contribution in [-0.2, 0) is 34.5 Å². The second kappa shape index (κ2) is 12.5. The Morgan fingerprint density at radius 1 is 1.03 bits per heavy atom. The van der Waals surface area contributed by atoms with E-state index in [1.807, 2.05) is 6.07 Å². The molecule has 0 radical (unpaired) electrons. The van der Waals surface area contributed by atoms with Crippen LogP contribution in [0.4, 0.5) is 13.2 Å². The first-order chi connectivity index (χ1) is 18.7. The van der Waals surface area contributed by atoms with Crippen molar-refractivity contribution in [2.75, 3.05) is 26.4 Å². The summed E-state index contributed by atoms with van der Waals surface area (Å²) in [7, 11) is -3.70. The van der Waals surface area contributed by atoms with Crippen LogP contribution >= 0.6 is 7.60 Å². The Hall–Kier alpha value is -2.92. The topological polar surface area (TPSA) is 96.3 Å². The Morgan fingerprint density at radius 2 is 1.72 bits per heavy atom. The molecule has 3 aliphatic heterocycles. The van der Waals surface area contributed by atoms with Crippen LogP contribution < -0.4 is 5.56 Å². The van der Waals surface area contributed by atoms with Gasteiger partial charge >= 0.3 is 7.60 Å². The maximum Gasteiger partial charge on any atom is 0.343 e. The molecule has 2 aromatic rings. The summed E-state index contributed by atoms with van der Waals surface area (Å²) in [5.41, 5.74) is -0.0424. The third-order valence-corrected chi connectivity index (χ3v) is 9.11. The van der Waals surface area contributed by atoms with Crippen LogP contribution in [0.15, 0.2) is 41.4 Å². The molecule has 0 spiro atoms. The van der Waals surface area contributed by atoms with E-state index in [-0.39, 0.29) is 43.6 Å². The van der Waals surface area contributed by atoms with Crippen molar-refractivity contribution in [2.45, 2.75) is 51.0 Å². The second-order valence-electron chi connectivity index (χ2n) is 9.04. The Kier molecular flexibility index (Phi) is 9.32. The standard InChI is InChI=1S/C18H23F3NO5P.C8H7NO2/c1-3-26-28(24,27-4-2)16-6-5-12-9-25-10-15(22(12)18(16)23)11-7-13(19)17(21)14(20)8-11;10-8-3-1-2-7-6-11-5-4-9(7)8/h7-8,12,15-16H,3-6,9-10H2,1-2H3;1-5H,6H2/t12-,15-,16?;/m0./s1. The molecule has 0 saturated carbocycles. The Bertz CT molecular complexity index is 1300. The fourth-order valence-corrected chi connectivity index (χ4v) is 6.92. The molecule has 4 heterocycles. The van der Waals surface area contributed by atoms with E-state index in [4.69, 9.17) is 18.5 Å². The molecule has 0 N–H and O–H groups in total. The number of halogens is 3. The minimum atomic E-state index is -3.70. The monoisotopic (exact) mass is 570 g/mol. The smallest absolute Gasteiger partial charge is 0.343 e. The van der Waals surface area contributed by atoms with Crippen molar-refractivity contribution in [2.24, 2.45) is 0 Å². The van der Waals surface area contributed by atoms with Gasteiger partial charge in [0.05, 0.1) is 44.2 Å². The highest BCUT2D eigenvalue weighted by molar-refractivity contribution is 7.55. The summed E-state index contributed by atoms with van der Waals surface area (Å²) >= 11 is 0. The number of carbonyl (C=O) groups is 1. The van der Waals surface area contributed by atoms with E-state index in [0.29, 0.717) is 19.4 Å². The fourth-order valence-electron chi connectivity index (χ4n) is 4.90. The number of pyridine rings is 1. The molecule has 0 bridgehead atoms. The highest BCUT2D eigenvalue weighted by atomic mass is 31.2. The van der Waals surface area contributed by atoms with Gasteiger partial charge in [0.1, 0.15) is 18.5 Å². The zero-order valence-electron chi connectivity index (χ0n) is 21.6. The quantitative estimate of drug-likeness (QED) is 0.370.